The summed E-state index contributed by atoms with van der Waals surface area (Å²) < 4.78 is 26.2. The molecule has 0 N–H and O–H groups in total. The lowest BCUT2D eigenvalue weighted by molar-refractivity contribution is 0.0598. The molecule has 2 saturated heterocycles. The van der Waals surface area contributed by atoms with E-state index in [2.05, 4.69) is 0 Å². The maximum absolute atomic E-state index is 13.3. The van der Waals surface area contributed by atoms with E-state index in [4.69, 9.17) is 0 Å². The summed E-state index contributed by atoms with van der Waals surface area (Å²) in [6.07, 6.45) is 2.80. The summed E-state index contributed by atoms with van der Waals surface area (Å²) in [7, 11) is -3.37. The molecule has 2 atom stereocenters. The molecule has 5 rings (SSSR count). The van der Waals surface area contributed by atoms with Crippen LogP contribution in [0.5, 0.6) is 0 Å². The number of fused-ring (bicyclic) bond motifs is 3. The van der Waals surface area contributed by atoms with Crippen molar-refractivity contribution in [3.8, 4) is 0 Å². The molecule has 5 heteroatoms. The van der Waals surface area contributed by atoms with Gasteiger partial charge >= 0.3 is 0 Å². The molecule has 2 fully saturated rings. The van der Waals surface area contributed by atoms with E-state index >= 15 is 0 Å². The number of nitrogens with zero attached hydrogens (tertiary/aromatic N) is 1. The van der Waals surface area contributed by atoms with Crippen LogP contribution in [0, 0.1) is 0 Å². The zero-order chi connectivity index (χ0) is 20.0. The van der Waals surface area contributed by atoms with Crippen molar-refractivity contribution in [2.24, 2.45) is 0 Å². The number of hydrogen-bond acceptors (Lipinski definition) is 3. The van der Waals surface area contributed by atoms with Gasteiger partial charge in [-0.3, -0.25) is 4.79 Å². The minimum atomic E-state index is -3.37. The zero-order valence-corrected chi connectivity index (χ0v) is 16.9. The quantitative estimate of drug-likeness (QED) is 0.647. The molecule has 2 heterocycles. The predicted molar refractivity (Wildman–Crippen MR) is 114 cm³/mol. The molecule has 0 aromatic heterocycles. The Labute approximate surface area is 171 Å². The van der Waals surface area contributed by atoms with Crippen LogP contribution in [0.1, 0.15) is 36.0 Å². The highest BCUT2D eigenvalue weighted by atomic mass is 32.2. The molecular weight excluding hydrogens is 382 g/mol. The largest absolute Gasteiger partial charge is 0.333 e. The van der Waals surface area contributed by atoms with Crippen LogP contribution in [0.3, 0.4) is 0 Å². The van der Waals surface area contributed by atoms with Gasteiger partial charge in [0.05, 0.1) is 10.1 Å². The molecular formula is C24H23NO3S. The molecule has 4 nitrogen and oxygen atoms in total. The van der Waals surface area contributed by atoms with Crippen LogP contribution in [-0.2, 0) is 9.84 Å². The first kappa shape index (κ1) is 18.4. The Balaban J connectivity index is 1.41. The Bertz CT molecular complexity index is 1160. The monoisotopic (exact) mass is 405 g/mol. The number of rotatable bonds is 3. The van der Waals surface area contributed by atoms with E-state index in [1.165, 1.54) is 0 Å². The van der Waals surface area contributed by atoms with Gasteiger partial charge in [0.15, 0.2) is 9.84 Å². The Hall–Kier alpha value is -2.66. The van der Waals surface area contributed by atoms with Crippen LogP contribution in [0.2, 0.25) is 0 Å². The van der Waals surface area contributed by atoms with Gasteiger partial charge in [-0.05, 0) is 60.7 Å². The number of benzene rings is 3. The smallest absolute Gasteiger partial charge is 0.254 e. The van der Waals surface area contributed by atoms with Crippen LogP contribution in [0.25, 0.3) is 10.8 Å². The first-order valence-corrected chi connectivity index (χ1v) is 11.7. The number of hydrogen-bond donors (Lipinski definition) is 0. The van der Waals surface area contributed by atoms with Crippen LogP contribution < -0.4 is 0 Å². The van der Waals surface area contributed by atoms with Crippen molar-refractivity contribution >= 4 is 26.5 Å². The maximum Gasteiger partial charge on any atom is 0.254 e. The lowest BCUT2D eigenvalue weighted by atomic mass is 10.00. The second-order valence-corrected chi connectivity index (χ2v) is 10.3. The van der Waals surface area contributed by atoms with Gasteiger partial charge < -0.3 is 4.90 Å². The molecule has 2 unspecified atom stereocenters. The third-order valence-electron chi connectivity index (χ3n) is 6.43. The van der Waals surface area contributed by atoms with E-state index in [0.29, 0.717) is 23.3 Å². The summed E-state index contributed by atoms with van der Waals surface area (Å²) in [4.78, 5) is 15.7. The Morgan fingerprint density at radius 1 is 0.793 bits per heavy atom. The van der Waals surface area contributed by atoms with Crippen molar-refractivity contribution in [3.05, 3.63) is 78.4 Å². The molecule has 29 heavy (non-hydrogen) atoms. The van der Waals surface area contributed by atoms with Crippen molar-refractivity contribution in [2.45, 2.75) is 47.9 Å². The number of carbonyl (C=O) groups is 1. The number of amides is 1. The first-order valence-electron chi connectivity index (χ1n) is 10.1. The highest BCUT2D eigenvalue weighted by Crippen LogP contribution is 2.40. The molecule has 1 amide bonds. The molecule has 0 radical (unpaired) electrons. The Morgan fingerprint density at radius 3 is 2.10 bits per heavy atom. The minimum Gasteiger partial charge on any atom is -0.333 e. The number of carbonyl (C=O) groups excluding carboxylic acids is 1. The van der Waals surface area contributed by atoms with E-state index in [9.17, 15) is 13.2 Å². The summed E-state index contributed by atoms with van der Waals surface area (Å²) in [6.45, 7) is 0. The summed E-state index contributed by atoms with van der Waals surface area (Å²) in [5, 5.41) is 1.75. The molecule has 0 spiro atoms. The van der Waals surface area contributed by atoms with Gasteiger partial charge in [0.2, 0.25) is 0 Å². The van der Waals surface area contributed by atoms with Crippen LogP contribution >= 0.6 is 0 Å². The van der Waals surface area contributed by atoms with E-state index in [0.717, 1.165) is 23.6 Å². The summed E-state index contributed by atoms with van der Waals surface area (Å²) in [5.41, 5.74) is 0.685. The highest BCUT2D eigenvalue weighted by molar-refractivity contribution is 7.92. The van der Waals surface area contributed by atoms with Gasteiger partial charge in [-0.2, -0.15) is 0 Å². The van der Waals surface area contributed by atoms with Gasteiger partial charge in [-0.25, -0.2) is 8.42 Å². The second kappa shape index (κ2) is 6.99. The zero-order valence-electron chi connectivity index (χ0n) is 16.1. The minimum absolute atomic E-state index is 0.00351. The fraction of sp³-hybridized carbons (Fsp3) is 0.292. The summed E-state index contributed by atoms with van der Waals surface area (Å²) in [6, 6.07) is 22.5. The van der Waals surface area contributed by atoms with Gasteiger partial charge in [0.1, 0.15) is 0 Å². The molecule has 148 valence electrons. The third-order valence-corrected chi connectivity index (χ3v) is 8.62. The molecule has 2 aliphatic heterocycles. The van der Waals surface area contributed by atoms with Gasteiger partial charge in [0, 0.05) is 17.6 Å². The van der Waals surface area contributed by atoms with E-state index in [1.54, 1.807) is 24.3 Å². The second-order valence-electron chi connectivity index (χ2n) is 8.11. The average molecular weight is 406 g/mol. The van der Waals surface area contributed by atoms with Crippen LogP contribution in [-0.4, -0.2) is 36.6 Å². The normalized spacial score (nSPS) is 24.0. The van der Waals surface area contributed by atoms with E-state index in [-0.39, 0.29) is 18.0 Å². The molecule has 0 saturated carbocycles. The van der Waals surface area contributed by atoms with E-state index in [1.807, 2.05) is 53.4 Å². The molecule has 2 bridgehead atoms. The molecule has 3 aromatic carbocycles. The van der Waals surface area contributed by atoms with Crippen molar-refractivity contribution in [1.29, 1.82) is 0 Å². The van der Waals surface area contributed by atoms with Crippen molar-refractivity contribution in [3.63, 3.8) is 0 Å². The van der Waals surface area contributed by atoms with Gasteiger partial charge in [0.25, 0.3) is 5.91 Å². The van der Waals surface area contributed by atoms with Gasteiger partial charge in [-0.1, -0.05) is 48.5 Å². The molecule has 3 aromatic rings. The molecule has 0 aliphatic carbocycles. The Kier molecular flexibility index (Phi) is 4.43. The fourth-order valence-electron chi connectivity index (χ4n) is 4.99. The predicted octanol–water partition coefficient (Wildman–Crippen LogP) is 4.45. The third kappa shape index (κ3) is 3.14. The van der Waals surface area contributed by atoms with E-state index < -0.39 is 15.1 Å². The topological polar surface area (TPSA) is 54.5 Å². The van der Waals surface area contributed by atoms with Crippen LogP contribution in [0.4, 0.5) is 0 Å². The standard InChI is InChI=1S/C24H23NO3S/c26-24(19-11-10-17-6-4-5-7-18(17)14-19)25-20-12-13-21(25)16-23(15-20)29(27,28)22-8-2-1-3-9-22/h1-11,14,20-21,23H,12-13,15-16H2. The summed E-state index contributed by atoms with van der Waals surface area (Å²) >= 11 is 0. The number of piperidine rings is 1. The number of sulfone groups is 1. The molecule has 2 aliphatic rings. The maximum atomic E-state index is 13.3. The lowest BCUT2D eigenvalue weighted by Crippen LogP contribution is -2.49. The fourth-order valence-corrected chi connectivity index (χ4v) is 6.86. The van der Waals surface area contributed by atoms with Crippen molar-refractivity contribution < 1.29 is 13.2 Å². The van der Waals surface area contributed by atoms with Crippen molar-refractivity contribution in [2.75, 3.05) is 0 Å². The van der Waals surface area contributed by atoms with Gasteiger partial charge in [-0.15, -0.1) is 0 Å². The van der Waals surface area contributed by atoms with Crippen molar-refractivity contribution in [1.82, 2.24) is 4.90 Å². The Morgan fingerprint density at radius 2 is 1.41 bits per heavy atom. The SMILES string of the molecule is O=C(c1ccc2ccccc2c1)N1C2CCC1CC(S(=O)(=O)c1ccccc1)C2. The average Bonchev–Trinajstić information content (AvgIpc) is 3.02. The first-order chi connectivity index (χ1) is 14.0. The lowest BCUT2D eigenvalue weighted by Gasteiger charge is -2.38. The summed E-state index contributed by atoms with van der Waals surface area (Å²) in [5.74, 6) is 0.0267. The van der Waals surface area contributed by atoms with Crippen LogP contribution in [0.15, 0.2) is 77.7 Å². The highest BCUT2D eigenvalue weighted by Gasteiger charge is 2.47.